The number of rotatable bonds is 5. The molecule has 2 heterocycles. The maximum absolute atomic E-state index is 5.83. The van der Waals surface area contributed by atoms with Crippen molar-refractivity contribution in [3.8, 4) is 0 Å². The van der Waals surface area contributed by atoms with Crippen molar-refractivity contribution in [2.75, 3.05) is 26.4 Å². The molecule has 2 atom stereocenters. The molecule has 1 aliphatic heterocycles. The highest BCUT2D eigenvalue weighted by Gasteiger charge is 2.27. The lowest BCUT2D eigenvalue weighted by atomic mass is 10.0. The number of hydrogen-bond acceptors (Lipinski definition) is 4. The van der Waals surface area contributed by atoms with Gasteiger partial charge in [0.15, 0.2) is 0 Å². The van der Waals surface area contributed by atoms with Gasteiger partial charge in [-0.05, 0) is 36.9 Å². The first kappa shape index (κ1) is 13.0. The van der Waals surface area contributed by atoms with Crippen LogP contribution in [0.1, 0.15) is 29.8 Å². The number of hydrogen-bond donors (Lipinski definition) is 1. The Bertz CT molecular complexity index is 334. The summed E-state index contributed by atoms with van der Waals surface area (Å²) >= 11 is 1.79. The third-order valence-electron chi connectivity index (χ3n) is 3.06. The predicted molar refractivity (Wildman–Crippen MR) is 70.6 cm³/mol. The van der Waals surface area contributed by atoms with Crippen LogP contribution >= 0.6 is 11.3 Å². The van der Waals surface area contributed by atoms with Gasteiger partial charge < -0.3 is 14.8 Å². The smallest absolute Gasteiger partial charge is 0.100 e. The molecular formula is C13H21NO2S. The van der Waals surface area contributed by atoms with Gasteiger partial charge in [-0.1, -0.05) is 6.92 Å². The Morgan fingerprint density at radius 2 is 2.41 bits per heavy atom. The third-order valence-corrected chi connectivity index (χ3v) is 3.92. The van der Waals surface area contributed by atoms with E-state index in [0.717, 1.165) is 19.6 Å². The van der Waals surface area contributed by atoms with E-state index >= 15 is 0 Å². The second-order valence-electron chi connectivity index (χ2n) is 4.35. The van der Waals surface area contributed by atoms with Crippen molar-refractivity contribution >= 4 is 11.3 Å². The zero-order valence-electron chi connectivity index (χ0n) is 10.6. The number of ether oxygens (including phenoxy) is 2. The molecule has 0 aromatic carbocycles. The summed E-state index contributed by atoms with van der Waals surface area (Å²) in [7, 11) is 0. The maximum Gasteiger partial charge on any atom is 0.100 e. The highest BCUT2D eigenvalue weighted by molar-refractivity contribution is 7.10. The summed E-state index contributed by atoms with van der Waals surface area (Å²) in [6.07, 6.45) is 1.27. The summed E-state index contributed by atoms with van der Waals surface area (Å²) < 4.78 is 11.4. The molecule has 1 N–H and O–H groups in total. The molecule has 96 valence electrons. The summed E-state index contributed by atoms with van der Waals surface area (Å²) in [5.74, 6) is 0. The molecule has 0 amide bonds. The first-order chi connectivity index (χ1) is 8.33. The van der Waals surface area contributed by atoms with Crippen LogP contribution in [0.15, 0.2) is 11.4 Å². The quantitative estimate of drug-likeness (QED) is 0.877. The lowest BCUT2D eigenvalue weighted by molar-refractivity contribution is -0.102. The van der Waals surface area contributed by atoms with Gasteiger partial charge in [0.1, 0.15) is 6.10 Å². The van der Waals surface area contributed by atoms with Crippen molar-refractivity contribution in [3.05, 3.63) is 21.9 Å². The number of nitrogens with one attached hydrogen (secondary N) is 1. The summed E-state index contributed by atoms with van der Waals surface area (Å²) in [5, 5.41) is 5.73. The Balaban J connectivity index is 2.09. The van der Waals surface area contributed by atoms with Crippen molar-refractivity contribution in [2.45, 2.75) is 32.4 Å². The molecular weight excluding hydrogens is 234 g/mol. The molecule has 2 unspecified atom stereocenters. The summed E-state index contributed by atoms with van der Waals surface area (Å²) in [6, 6.07) is 2.46. The van der Waals surface area contributed by atoms with Gasteiger partial charge in [0.2, 0.25) is 0 Å². The minimum Gasteiger partial charge on any atom is -0.376 e. The van der Waals surface area contributed by atoms with Gasteiger partial charge in [0, 0.05) is 4.88 Å². The van der Waals surface area contributed by atoms with Crippen molar-refractivity contribution < 1.29 is 9.47 Å². The Labute approximate surface area is 107 Å². The highest BCUT2D eigenvalue weighted by Crippen LogP contribution is 2.27. The molecule has 1 aromatic heterocycles. The lowest BCUT2D eigenvalue weighted by Crippen LogP contribution is -2.41. The van der Waals surface area contributed by atoms with Gasteiger partial charge in [0.25, 0.3) is 0 Å². The highest BCUT2D eigenvalue weighted by atomic mass is 32.1. The summed E-state index contributed by atoms with van der Waals surface area (Å²) in [4.78, 5) is 1.37. The van der Waals surface area contributed by atoms with Gasteiger partial charge >= 0.3 is 0 Å². The van der Waals surface area contributed by atoms with Crippen LogP contribution in [0.5, 0.6) is 0 Å². The van der Waals surface area contributed by atoms with E-state index in [2.05, 4.69) is 30.6 Å². The van der Waals surface area contributed by atoms with E-state index in [4.69, 9.17) is 9.47 Å². The van der Waals surface area contributed by atoms with Crippen LogP contribution in [-0.2, 0) is 9.47 Å². The van der Waals surface area contributed by atoms with Gasteiger partial charge in [-0.2, -0.15) is 0 Å². The van der Waals surface area contributed by atoms with Crippen molar-refractivity contribution in [1.82, 2.24) is 5.32 Å². The molecule has 17 heavy (non-hydrogen) atoms. The normalized spacial score (nSPS) is 22.6. The fourth-order valence-electron chi connectivity index (χ4n) is 2.16. The Morgan fingerprint density at radius 1 is 1.53 bits per heavy atom. The lowest BCUT2D eigenvalue weighted by Gasteiger charge is -2.31. The van der Waals surface area contributed by atoms with Gasteiger partial charge in [0.05, 0.1) is 25.9 Å². The fraction of sp³-hybridized carbons (Fsp3) is 0.692. The number of aryl methyl sites for hydroxylation is 1. The van der Waals surface area contributed by atoms with E-state index in [0.29, 0.717) is 13.2 Å². The SMILES string of the molecule is CCCNC(c1ccsc1C)C1COCCO1. The molecule has 0 aliphatic carbocycles. The molecule has 1 saturated heterocycles. The van der Waals surface area contributed by atoms with E-state index in [9.17, 15) is 0 Å². The Morgan fingerprint density at radius 3 is 3.00 bits per heavy atom. The van der Waals surface area contributed by atoms with Gasteiger partial charge in [-0.15, -0.1) is 11.3 Å². The molecule has 0 spiro atoms. The topological polar surface area (TPSA) is 30.5 Å². The second-order valence-corrected chi connectivity index (χ2v) is 5.47. The van der Waals surface area contributed by atoms with Crippen LogP contribution in [0.3, 0.4) is 0 Å². The predicted octanol–water partition coefficient (Wildman–Crippen LogP) is 2.51. The molecule has 1 aromatic rings. The van der Waals surface area contributed by atoms with Gasteiger partial charge in [-0.3, -0.25) is 0 Å². The minimum atomic E-state index is 0.142. The van der Waals surface area contributed by atoms with Gasteiger partial charge in [-0.25, -0.2) is 0 Å². The van der Waals surface area contributed by atoms with Crippen molar-refractivity contribution in [3.63, 3.8) is 0 Å². The molecule has 2 rings (SSSR count). The minimum absolute atomic E-state index is 0.142. The average molecular weight is 255 g/mol. The third kappa shape index (κ3) is 3.28. The van der Waals surface area contributed by atoms with E-state index in [-0.39, 0.29) is 12.1 Å². The molecule has 0 radical (unpaired) electrons. The fourth-order valence-corrected chi connectivity index (χ4v) is 2.91. The molecule has 4 heteroatoms. The van der Waals surface area contributed by atoms with Crippen LogP contribution in [0.25, 0.3) is 0 Å². The maximum atomic E-state index is 5.83. The largest absolute Gasteiger partial charge is 0.376 e. The molecule has 0 saturated carbocycles. The summed E-state index contributed by atoms with van der Waals surface area (Å²) in [6.45, 7) is 7.49. The van der Waals surface area contributed by atoms with E-state index in [1.54, 1.807) is 11.3 Å². The van der Waals surface area contributed by atoms with E-state index in [1.165, 1.54) is 10.4 Å². The van der Waals surface area contributed by atoms with Crippen LogP contribution < -0.4 is 5.32 Å². The summed E-state index contributed by atoms with van der Waals surface area (Å²) in [5.41, 5.74) is 1.36. The van der Waals surface area contributed by atoms with Crippen molar-refractivity contribution in [2.24, 2.45) is 0 Å². The second kappa shape index (κ2) is 6.50. The molecule has 0 bridgehead atoms. The zero-order valence-corrected chi connectivity index (χ0v) is 11.4. The van der Waals surface area contributed by atoms with Crippen molar-refractivity contribution in [1.29, 1.82) is 0 Å². The van der Waals surface area contributed by atoms with Crippen LogP contribution in [0.4, 0.5) is 0 Å². The van der Waals surface area contributed by atoms with E-state index in [1.807, 2.05) is 0 Å². The first-order valence-corrected chi connectivity index (χ1v) is 7.17. The van der Waals surface area contributed by atoms with E-state index < -0.39 is 0 Å². The first-order valence-electron chi connectivity index (χ1n) is 6.29. The zero-order chi connectivity index (χ0) is 12.1. The molecule has 1 fully saturated rings. The monoisotopic (exact) mass is 255 g/mol. The Kier molecular flexibility index (Phi) is 4.98. The Hall–Kier alpha value is -0.420. The van der Waals surface area contributed by atoms with Crippen LogP contribution in [-0.4, -0.2) is 32.5 Å². The number of thiophene rings is 1. The molecule has 3 nitrogen and oxygen atoms in total. The van der Waals surface area contributed by atoms with Crippen LogP contribution in [0, 0.1) is 6.92 Å². The molecule has 1 aliphatic rings. The van der Waals surface area contributed by atoms with Crippen LogP contribution in [0.2, 0.25) is 0 Å². The standard InChI is InChI=1S/C13H21NO2S/c1-3-5-14-13(11-4-8-17-10(11)2)12-9-15-6-7-16-12/h4,8,12-14H,3,5-7,9H2,1-2H3. The average Bonchev–Trinajstić information content (AvgIpc) is 2.78.